The van der Waals surface area contributed by atoms with Crippen molar-refractivity contribution in [1.82, 2.24) is 24.0 Å². The van der Waals surface area contributed by atoms with E-state index < -0.39 is 5.69 Å². The Balaban J connectivity index is 1.57. The van der Waals surface area contributed by atoms with Crippen molar-refractivity contribution in [2.45, 2.75) is 46.4 Å². The monoisotopic (exact) mass is 473 g/mol. The molecule has 0 saturated heterocycles. The Kier molecular flexibility index (Phi) is 6.55. The molecule has 3 heterocycles. The van der Waals surface area contributed by atoms with Crippen LogP contribution in [0.15, 0.2) is 64.2 Å². The minimum absolute atomic E-state index is 0.346. The van der Waals surface area contributed by atoms with Gasteiger partial charge in [-0.2, -0.15) is 0 Å². The van der Waals surface area contributed by atoms with E-state index in [-0.39, 0.29) is 5.56 Å². The van der Waals surface area contributed by atoms with Crippen LogP contribution in [0.4, 0.5) is 0 Å². The number of para-hydroxylation sites is 1. The summed E-state index contributed by atoms with van der Waals surface area (Å²) in [4.78, 5) is 35.6. The first-order valence-electron chi connectivity index (χ1n) is 12.2. The van der Waals surface area contributed by atoms with E-state index in [1.54, 1.807) is 4.57 Å². The third kappa shape index (κ3) is 4.93. The van der Waals surface area contributed by atoms with Crippen molar-refractivity contribution in [1.29, 1.82) is 0 Å². The van der Waals surface area contributed by atoms with Crippen LogP contribution in [0.3, 0.4) is 0 Å². The number of aromatic nitrogens is 4. The largest absolute Gasteiger partial charge is 0.492 e. The van der Waals surface area contributed by atoms with Crippen LogP contribution in [0, 0.1) is 5.92 Å². The summed E-state index contributed by atoms with van der Waals surface area (Å²) < 4.78 is 9.51. The Morgan fingerprint density at radius 1 is 1.00 bits per heavy atom. The minimum atomic E-state index is -0.441. The molecule has 0 atom stereocenters. The van der Waals surface area contributed by atoms with Gasteiger partial charge in [0.1, 0.15) is 18.2 Å². The van der Waals surface area contributed by atoms with Crippen molar-refractivity contribution in [3.63, 3.8) is 0 Å². The molecule has 0 fully saturated rings. The van der Waals surface area contributed by atoms with E-state index >= 15 is 0 Å². The summed E-state index contributed by atoms with van der Waals surface area (Å²) >= 11 is 0. The predicted molar refractivity (Wildman–Crippen MR) is 136 cm³/mol. The molecular formula is C27H31N5O3. The Morgan fingerprint density at radius 2 is 1.77 bits per heavy atom. The van der Waals surface area contributed by atoms with Gasteiger partial charge in [0, 0.05) is 25.2 Å². The van der Waals surface area contributed by atoms with E-state index in [1.807, 2.05) is 53.1 Å². The van der Waals surface area contributed by atoms with Gasteiger partial charge < -0.3 is 9.30 Å². The van der Waals surface area contributed by atoms with Crippen LogP contribution in [0.25, 0.3) is 11.2 Å². The number of nitrogens with zero attached hydrogens (tertiary/aromatic N) is 4. The lowest BCUT2D eigenvalue weighted by Crippen LogP contribution is -2.31. The van der Waals surface area contributed by atoms with Crippen molar-refractivity contribution in [3.8, 4) is 5.75 Å². The molecule has 2 aromatic heterocycles. The quantitative estimate of drug-likeness (QED) is 0.445. The fourth-order valence-electron chi connectivity index (χ4n) is 4.59. The summed E-state index contributed by atoms with van der Waals surface area (Å²) in [6, 6.07) is 17.8. The summed E-state index contributed by atoms with van der Waals surface area (Å²) in [5, 5.41) is 0. The van der Waals surface area contributed by atoms with Gasteiger partial charge >= 0.3 is 5.69 Å². The fraction of sp³-hybridized carbons (Fsp3) is 0.370. The number of hydrogen-bond acceptors (Lipinski definition) is 5. The molecule has 0 bridgehead atoms. The molecular weight excluding hydrogens is 442 g/mol. The summed E-state index contributed by atoms with van der Waals surface area (Å²) in [5.41, 5.74) is 2.18. The molecule has 1 aliphatic rings. The molecule has 5 rings (SSSR count). The highest BCUT2D eigenvalue weighted by Crippen LogP contribution is 2.24. The second kappa shape index (κ2) is 9.92. The van der Waals surface area contributed by atoms with Gasteiger partial charge in [0.15, 0.2) is 11.2 Å². The number of fused-ring (bicyclic) bond motifs is 2. The van der Waals surface area contributed by atoms with E-state index in [4.69, 9.17) is 9.72 Å². The number of aromatic amines is 1. The fourth-order valence-corrected chi connectivity index (χ4v) is 4.59. The lowest BCUT2D eigenvalue weighted by Gasteiger charge is -2.20. The van der Waals surface area contributed by atoms with Crippen molar-refractivity contribution < 1.29 is 4.74 Å². The van der Waals surface area contributed by atoms with Crippen molar-refractivity contribution in [2.75, 3.05) is 13.2 Å². The number of rotatable bonds is 7. The third-order valence-corrected chi connectivity index (χ3v) is 6.47. The highest BCUT2D eigenvalue weighted by molar-refractivity contribution is 5.71. The van der Waals surface area contributed by atoms with Crippen LogP contribution in [0.2, 0.25) is 0 Å². The van der Waals surface area contributed by atoms with Gasteiger partial charge in [-0.1, -0.05) is 62.4 Å². The van der Waals surface area contributed by atoms with Gasteiger partial charge in [-0.15, -0.1) is 0 Å². The molecule has 0 unspecified atom stereocenters. The van der Waals surface area contributed by atoms with Crippen LogP contribution in [0.1, 0.15) is 37.2 Å². The zero-order valence-electron chi connectivity index (χ0n) is 20.2. The highest BCUT2D eigenvalue weighted by Gasteiger charge is 2.22. The van der Waals surface area contributed by atoms with E-state index in [9.17, 15) is 9.59 Å². The number of ether oxygens (including phenoxy) is 1. The molecule has 2 aromatic carbocycles. The molecule has 0 spiro atoms. The lowest BCUT2D eigenvalue weighted by molar-refractivity contribution is 0.213. The number of H-pyrrole nitrogens is 1. The maximum Gasteiger partial charge on any atom is 0.330 e. The number of nitrogens with one attached hydrogen (secondary N) is 1. The van der Waals surface area contributed by atoms with Gasteiger partial charge in [0.05, 0.1) is 13.1 Å². The zero-order chi connectivity index (χ0) is 24.4. The minimum Gasteiger partial charge on any atom is -0.492 e. The van der Waals surface area contributed by atoms with E-state index in [0.717, 1.165) is 42.2 Å². The van der Waals surface area contributed by atoms with Crippen LogP contribution in [0.5, 0.6) is 5.75 Å². The van der Waals surface area contributed by atoms with Gasteiger partial charge in [-0.25, -0.2) is 9.78 Å². The topological polar surface area (TPSA) is 85.2 Å². The normalized spacial score (nSPS) is 14.1. The summed E-state index contributed by atoms with van der Waals surface area (Å²) in [5.74, 6) is 2.17. The predicted octanol–water partition coefficient (Wildman–Crippen LogP) is 3.38. The summed E-state index contributed by atoms with van der Waals surface area (Å²) in [6.45, 7) is 7.96. The van der Waals surface area contributed by atoms with Crippen LogP contribution >= 0.6 is 0 Å². The molecule has 1 N–H and O–H groups in total. The number of aryl methyl sites for hydroxylation is 1. The molecule has 182 valence electrons. The first kappa shape index (κ1) is 23.1. The molecule has 0 amide bonds. The van der Waals surface area contributed by atoms with Gasteiger partial charge in [0.2, 0.25) is 0 Å². The Bertz CT molecular complexity index is 1430. The van der Waals surface area contributed by atoms with Crippen molar-refractivity contribution >= 4 is 11.2 Å². The van der Waals surface area contributed by atoms with E-state index in [0.29, 0.717) is 43.3 Å². The number of imidazole rings is 1. The average molecular weight is 474 g/mol. The van der Waals surface area contributed by atoms with Crippen molar-refractivity contribution in [2.24, 2.45) is 5.92 Å². The van der Waals surface area contributed by atoms with Crippen LogP contribution in [-0.2, 0) is 26.2 Å². The second-order valence-electron chi connectivity index (χ2n) is 9.53. The maximum absolute atomic E-state index is 13.0. The van der Waals surface area contributed by atoms with E-state index in [2.05, 4.69) is 29.8 Å². The van der Waals surface area contributed by atoms with E-state index in [1.165, 1.54) is 0 Å². The standard InChI is InChI=1S/C27H31N5O3/c1-19(2)12-13-31-23(18-30-14-15-35-22-11-7-6-10-21(22)17-30)28-25-24(31)26(33)29-27(34)32(25)16-20-8-4-3-5-9-20/h3-11,19H,12-18H2,1-2H3,(H,29,33,34). The number of hydrogen-bond donors (Lipinski definition) is 1. The molecule has 0 radical (unpaired) electrons. The molecule has 0 aliphatic carbocycles. The molecule has 4 aromatic rings. The summed E-state index contributed by atoms with van der Waals surface area (Å²) in [7, 11) is 0. The SMILES string of the molecule is CC(C)CCn1c(CN2CCOc3ccccc3C2)nc2c1c(=O)[nH]c(=O)n2Cc1ccccc1. The Labute approximate surface area is 203 Å². The third-order valence-electron chi connectivity index (χ3n) is 6.47. The smallest absolute Gasteiger partial charge is 0.330 e. The van der Waals surface area contributed by atoms with Crippen LogP contribution < -0.4 is 16.0 Å². The Hall–Kier alpha value is -3.65. The molecule has 8 heteroatoms. The number of benzene rings is 2. The average Bonchev–Trinajstić information content (AvgIpc) is 3.06. The van der Waals surface area contributed by atoms with Gasteiger partial charge in [-0.05, 0) is 24.0 Å². The lowest BCUT2D eigenvalue weighted by atomic mass is 10.1. The van der Waals surface area contributed by atoms with Gasteiger partial charge in [0.25, 0.3) is 5.56 Å². The zero-order valence-corrected chi connectivity index (χ0v) is 20.2. The van der Waals surface area contributed by atoms with Crippen LogP contribution in [-0.4, -0.2) is 37.2 Å². The summed E-state index contributed by atoms with van der Waals surface area (Å²) in [6.07, 6.45) is 0.904. The molecule has 1 aliphatic heterocycles. The first-order chi connectivity index (χ1) is 17.0. The molecule has 8 nitrogen and oxygen atoms in total. The Morgan fingerprint density at radius 3 is 2.57 bits per heavy atom. The van der Waals surface area contributed by atoms with Crippen molar-refractivity contribution in [3.05, 3.63) is 92.4 Å². The maximum atomic E-state index is 13.0. The second-order valence-corrected chi connectivity index (χ2v) is 9.53. The van der Waals surface area contributed by atoms with Gasteiger partial charge in [-0.3, -0.25) is 19.2 Å². The first-order valence-corrected chi connectivity index (χ1v) is 12.2. The molecule has 35 heavy (non-hydrogen) atoms. The molecule has 0 saturated carbocycles. The highest BCUT2D eigenvalue weighted by atomic mass is 16.5.